The van der Waals surface area contributed by atoms with Gasteiger partial charge < -0.3 is 10.8 Å². The third kappa shape index (κ3) is 1.84. The third-order valence-corrected chi connectivity index (χ3v) is 4.92. The van der Waals surface area contributed by atoms with E-state index in [2.05, 4.69) is 30.3 Å². The molecule has 0 heterocycles. The van der Waals surface area contributed by atoms with Crippen molar-refractivity contribution in [3.63, 3.8) is 0 Å². The molecule has 0 aromatic heterocycles. The van der Waals surface area contributed by atoms with Gasteiger partial charge in [0.15, 0.2) is 0 Å². The molecule has 3 aromatic rings. The number of nitrogen functional groups attached to an aromatic ring is 1. The molecule has 1 atom stereocenters. The summed E-state index contributed by atoms with van der Waals surface area (Å²) in [6.45, 7) is 1.97. The molecule has 22 heavy (non-hydrogen) atoms. The average molecular weight is 289 g/mol. The maximum atomic E-state index is 10.9. The molecule has 0 amide bonds. The van der Waals surface area contributed by atoms with Crippen molar-refractivity contribution in [2.45, 2.75) is 25.9 Å². The molecule has 0 unspecified atom stereocenters. The minimum atomic E-state index is -0.645. The van der Waals surface area contributed by atoms with Gasteiger partial charge in [-0.2, -0.15) is 0 Å². The van der Waals surface area contributed by atoms with Crippen molar-refractivity contribution in [3.05, 3.63) is 76.3 Å². The number of aliphatic hydroxyl groups excluding tert-OH is 1. The van der Waals surface area contributed by atoms with Crippen LogP contribution in [0.1, 0.15) is 33.9 Å². The van der Waals surface area contributed by atoms with E-state index in [0.717, 1.165) is 35.2 Å². The lowest BCUT2D eigenvalue weighted by molar-refractivity contribution is 0.221. The number of aryl methyl sites for hydroxylation is 2. The molecular weight excluding hydrogens is 270 g/mol. The van der Waals surface area contributed by atoms with Crippen LogP contribution in [0.5, 0.6) is 0 Å². The zero-order valence-electron chi connectivity index (χ0n) is 12.6. The fourth-order valence-corrected chi connectivity index (χ4v) is 3.64. The standard InChI is InChI=1S/C20H19NO/c1-12-15(5-3-7-18(12)21)20(22)17-11-10-14-9-8-13-4-2-6-16(17)19(13)14/h2-7,10-11,20,22H,8-9,21H2,1H3/t20-/m0/s1. The van der Waals surface area contributed by atoms with Crippen molar-refractivity contribution in [3.8, 4) is 0 Å². The van der Waals surface area contributed by atoms with Gasteiger partial charge in [0, 0.05) is 5.69 Å². The van der Waals surface area contributed by atoms with Crippen molar-refractivity contribution >= 4 is 16.5 Å². The van der Waals surface area contributed by atoms with Crippen molar-refractivity contribution in [2.75, 3.05) is 5.73 Å². The fourth-order valence-electron chi connectivity index (χ4n) is 3.64. The van der Waals surface area contributed by atoms with Crippen molar-refractivity contribution in [2.24, 2.45) is 0 Å². The van der Waals surface area contributed by atoms with Crippen LogP contribution in [0.25, 0.3) is 10.8 Å². The van der Waals surface area contributed by atoms with Crippen LogP contribution in [0, 0.1) is 6.92 Å². The van der Waals surface area contributed by atoms with Crippen LogP contribution in [0.4, 0.5) is 5.69 Å². The lowest BCUT2D eigenvalue weighted by Gasteiger charge is -2.18. The van der Waals surface area contributed by atoms with Gasteiger partial charge in [-0.3, -0.25) is 0 Å². The Kier molecular flexibility index (Phi) is 2.95. The summed E-state index contributed by atoms with van der Waals surface area (Å²) in [5, 5.41) is 13.4. The molecule has 0 saturated heterocycles. The van der Waals surface area contributed by atoms with Gasteiger partial charge in [0.05, 0.1) is 0 Å². The number of hydrogen-bond acceptors (Lipinski definition) is 2. The SMILES string of the molecule is Cc1c(N)cccc1[C@H](O)c1ccc2c3c(cccc13)CC2. The van der Waals surface area contributed by atoms with Crippen LogP contribution in [-0.4, -0.2) is 5.11 Å². The maximum Gasteiger partial charge on any atom is 0.105 e. The van der Waals surface area contributed by atoms with Crippen molar-refractivity contribution in [1.29, 1.82) is 0 Å². The van der Waals surface area contributed by atoms with Crippen LogP contribution < -0.4 is 5.73 Å². The van der Waals surface area contributed by atoms with Crippen molar-refractivity contribution < 1.29 is 5.11 Å². The lowest BCUT2D eigenvalue weighted by atomic mass is 9.91. The van der Waals surface area contributed by atoms with E-state index in [1.165, 1.54) is 21.9 Å². The molecule has 0 spiro atoms. The zero-order chi connectivity index (χ0) is 15.3. The summed E-state index contributed by atoms with van der Waals surface area (Å²) in [4.78, 5) is 0. The highest BCUT2D eigenvalue weighted by Gasteiger charge is 2.21. The fraction of sp³-hybridized carbons (Fsp3) is 0.200. The molecule has 0 fully saturated rings. The second-order valence-electron chi connectivity index (χ2n) is 6.12. The van der Waals surface area contributed by atoms with Gasteiger partial charge in [0.1, 0.15) is 6.10 Å². The number of hydrogen-bond donors (Lipinski definition) is 2. The van der Waals surface area contributed by atoms with Gasteiger partial charge in [-0.05, 0) is 64.4 Å². The summed E-state index contributed by atoms with van der Waals surface area (Å²) < 4.78 is 0. The van der Waals surface area contributed by atoms with Gasteiger partial charge in [0.25, 0.3) is 0 Å². The Morgan fingerprint density at radius 3 is 2.45 bits per heavy atom. The zero-order valence-corrected chi connectivity index (χ0v) is 12.6. The minimum Gasteiger partial charge on any atom is -0.399 e. The molecule has 0 bridgehead atoms. The molecule has 1 aliphatic carbocycles. The molecule has 0 saturated carbocycles. The van der Waals surface area contributed by atoms with Gasteiger partial charge >= 0.3 is 0 Å². The maximum absolute atomic E-state index is 10.9. The first kappa shape index (κ1) is 13.4. The molecule has 0 radical (unpaired) electrons. The second-order valence-corrected chi connectivity index (χ2v) is 6.12. The van der Waals surface area contributed by atoms with E-state index in [9.17, 15) is 5.11 Å². The molecule has 3 N–H and O–H groups in total. The monoisotopic (exact) mass is 289 g/mol. The van der Waals surface area contributed by atoms with E-state index in [4.69, 9.17) is 5.73 Å². The first-order chi connectivity index (χ1) is 10.7. The number of aliphatic hydroxyl groups is 1. The third-order valence-electron chi connectivity index (χ3n) is 4.92. The lowest BCUT2D eigenvalue weighted by Crippen LogP contribution is -2.05. The van der Waals surface area contributed by atoms with E-state index in [1.54, 1.807) is 0 Å². The highest BCUT2D eigenvalue weighted by molar-refractivity contribution is 5.93. The number of rotatable bonds is 2. The minimum absolute atomic E-state index is 0.645. The van der Waals surface area contributed by atoms with Crippen LogP contribution in [0.2, 0.25) is 0 Å². The molecule has 4 rings (SSSR count). The van der Waals surface area contributed by atoms with Crippen LogP contribution >= 0.6 is 0 Å². The Morgan fingerprint density at radius 2 is 1.64 bits per heavy atom. The Morgan fingerprint density at radius 1 is 0.909 bits per heavy atom. The topological polar surface area (TPSA) is 46.2 Å². The molecule has 110 valence electrons. The van der Waals surface area contributed by atoms with E-state index in [1.807, 2.05) is 25.1 Å². The number of benzene rings is 3. The summed E-state index contributed by atoms with van der Waals surface area (Å²) in [6.07, 6.45) is 1.56. The van der Waals surface area contributed by atoms with Gasteiger partial charge in [-0.25, -0.2) is 0 Å². The first-order valence-electron chi connectivity index (χ1n) is 7.73. The average Bonchev–Trinajstić information content (AvgIpc) is 2.95. The molecule has 2 heteroatoms. The Labute approximate surface area is 130 Å². The Bertz CT molecular complexity index is 872. The summed E-state index contributed by atoms with van der Waals surface area (Å²) in [7, 11) is 0. The summed E-state index contributed by atoms with van der Waals surface area (Å²) >= 11 is 0. The summed E-state index contributed by atoms with van der Waals surface area (Å²) in [5.41, 5.74) is 12.3. The molecule has 3 aromatic carbocycles. The molecule has 0 aliphatic heterocycles. The second kappa shape index (κ2) is 4.85. The van der Waals surface area contributed by atoms with Gasteiger partial charge in [-0.15, -0.1) is 0 Å². The predicted octanol–water partition coefficient (Wildman–Crippen LogP) is 3.91. The van der Waals surface area contributed by atoms with E-state index < -0.39 is 6.10 Å². The molecule has 2 nitrogen and oxygen atoms in total. The molecule has 1 aliphatic rings. The van der Waals surface area contributed by atoms with Crippen LogP contribution in [0.15, 0.2) is 48.5 Å². The number of nitrogens with two attached hydrogens (primary N) is 1. The predicted molar refractivity (Wildman–Crippen MR) is 91.0 cm³/mol. The van der Waals surface area contributed by atoms with Crippen LogP contribution in [-0.2, 0) is 12.8 Å². The largest absolute Gasteiger partial charge is 0.399 e. The highest BCUT2D eigenvalue weighted by atomic mass is 16.3. The van der Waals surface area contributed by atoms with E-state index in [-0.39, 0.29) is 0 Å². The Hall–Kier alpha value is -2.32. The summed E-state index contributed by atoms with van der Waals surface area (Å²) in [5.74, 6) is 0. The normalized spacial score (nSPS) is 14.5. The Balaban J connectivity index is 1.94. The van der Waals surface area contributed by atoms with Crippen molar-refractivity contribution in [1.82, 2.24) is 0 Å². The quantitative estimate of drug-likeness (QED) is 0.703. The molecular formula is C20H19NO. The first-order valence-corrected chi connectivity index (χ1v) is 7.73. The van der Waals surface area contributed by atoms with Crippen LogP contribution in [0.3, 0.4) is 0 Å². The summed E-state index contributed by atoms with van der Waals surface area (Å²) in [6, 6.07) is 16.4. The van der Waals surface area contributed by atoms with Gasteiger partial charge in [0.2, 0.25) is 0 Å². The van der Waals surface area contributed by atoms with Gasteiger partial charge in [-0.1, -0.05) is 42.5 Å². The highest BCUT2D eigenvalue weighted by Crippen LogP contribution is 2.37. The number of anilines is 1. The van der Waals surface area contributed by atoms with E-state index >= 15 is 0 Å². The van der Waals surface area contributed by atoms with E-state index in [0.29, 0.717) is 0 Å². The smallest absolute Gasteiger partial charge is 0.105 e.